The molecule has 0 aliphatic heterocycles. The molecular formula is C17H14O3. The Balaban J connectivity index is 2.39. The Labute approximate surface area is 117 Å². The van der Waals surface area contributed by atoms with Gasteiger partial charge in [-0.25, -0.2) is 0 Å². The minimum atomic E-state index is -0.913. The molecule has 2 aromatic carbocycles. The van der Waals surface area contributed by atoms with Gasteiger partial charge in [0.25, 0.3) is 0 Å². The number of Topliss-reactive ketones (excluding diaryl/α,β-unsaturated/α-hetero) is 2. The number of carbonyl (C=O) groups excluding carboxylic acids is 3. The van der Waals surface area contributed by atoms with Gasteiger partial charge in [-0.2, -0.15) is 0 Å². The molecule has 100 valence electrons. The molecule has 0 saturated carbocycles. The molecule has 0 bridgehead atoms. The molecule has 2 aromatic rings. The van der Waals surface area contributed by atoms with E-state index in [2.05, 4.69) is 0 Å². The molecule has 0 N–H and O–H groups in total. The van der Waals surface area contributed by atoms with Gasteiger partial charge in [0.05, 0.1) is 6.42 Å². The zero-order valence-corrected chi connectivity index (χ0v) is 10.9. The van der Waals surface area contributed by atoms with Crippen LogP contribution in [-0.4, -0.2) is 17.9 Å². The number of benzene rings is 2. The number of hydrogen-bond acceptors (Lipinski definition) is 3. The predicted octanol–water partition coefficient (Wildman–Crippen LogP) is 2.81. The summed E-state index contributed by atoms with van der Waals surface area (Å²) in [7, 11) is 0. The minimum absolute atomic E-state index is 0.252. The summed E-state index contributed by atoms with van der Waals surface area (Å²) in [5.41, 5.74) is 1.09. The summed E-state index contributed by atoms with van der Waals surface area (Å²) in [5.74, 6) is -1.56. The van der Waals surface area contributed by atoms with Crippen LogP contribution < -0.4 is 0 Å². The van der Waals surface area contributed by atoms with E-state index in [-0.39, 0.29) is 18.0 Å². The highest BCUT2D eigenvalue weighted by atomic mass is 16.2. The Hall–Kier alpha value is -2.55. The molecule has 0 fully saturated rings. The van der Waals surface area contributed by atoms with Gasteiger partial charge in [-0.1, -0.05) is 60.7 Å². The van der Waals surface area contributed by atoms with E-state index in [1.807, 2.05) is 12.1 Å². The first-order valence-corrected chi connectivity index (χ1v) is 6.34. The van der Waals surface area contributed by atoms with Crippen molar-refractivity contribution in [1.29, 1.82) is 0 Å². The van der Waals surface area contributed by atoms with Crippen LogP contribution in [0.25, 0.3) is 0 Å². The van der Waals surface area contributed by atoms with Gasteiger partial charge < -0.3 is 4.79 Å². The van der Waals surface area contributed by atoms with E-state index < -0.39 is 5.92 Å². The second kappa shape index (κ2) is 6.57. The highest BCUT2D eigenvalue weighted by Crippen LogP contribution is 2.23. The Bertz CT molecular complexity index is 603. The molecule has 3 heteroatoms. The van der Waals surface area contributed by atoms with Gasteiger partial charge in [0, 0.05) is 5.56 Å². The van der Waals surface area contributed by atoms with Crippen LogP contribution in [0.5, 0.6) is 0 Å². The summed E-state index contributed by atoms with van der Waals surface area (Å²) in [6.07, 6.45) is 0.286. The average Bonchev–Trinajstić information content (AvgIpc) is 2.50. The molecule has 0 aromatic heterocycles. The topological polar surface area (TPSA) is 51.2 Å². The van der Waals surface area contributed by atoms with Crippen molar-refractivity contribution < 1.29 is 14.4 Å². The van der Waals surface area contributed by atoms with Crippen molar-refractivity contribution in [2.45, 2.75) is 12.3 Å². The van der Waals surface area contributed by atoms with Crippen LogP contribution in [0.15, 0.2) is 60.7 Å². The van der Waals surface area contributed by atoms with Crippen LogP contribution in [0.2, 0.25) is 0 Å². The van der Waals surface area contributed by atoms with E-state index in [9.17, 15) is 14.4 Å². The van der Waals surface area contributed by atoms with E-state index >= 15 is 0 Å². The highest BCUT2D eigenvalue weighted by Gasteiger charge is 2.28. The van der Waals surface area contributed by atoms with Gasteiger partial charge in [0.15, 0.2) is 11.6 Å². The summed E-state index contributed by atoms with van der Waals surface area (Å²) in [6.45, 7) is 0. The van der Waals surface area contributed by atoms with Crippen LogP contribution in [0.3, 0.4) is 0 Å². The van der Waals surface area contributed by atoms with Crippen molar-refractivity contribution in [3.63, 3.8) is 0 Å². The summed E-state index contributed by atoms with van der Waals surface area (Å²) < 4.78 is 0. The SMILES string of the molecule is O=CCC(=O)C(C(=O)c1ccccc1)c1ccccc1. The van der Waals surface area contributed by atoms with Crippen molar-refractivity contribution in [2.75, 3.05) is 0 Å². The highest BCUT2D eigenvalue weighted by molar-refractivity contribution is 6.16. The summed E-state index contributed by atoms with van der Waals surface area (Å²) >= 11 is 0. The molecule has 0 spiro atoms. The molecule has 0 radical (unpaired) electrons. The van der Waals surface area contributed by atoms with Crippen LogP contribution in [0.1, 0.15) is 28.3 Å². The fourth-order valence-corrected chi connectivity index (χ4v) is 2.10. The molecule has 3 nitrogen and oxygen atoms in total. The third kappa shape index (κ3) is 3.06. The van der Waals surface area contributed by atoms with Gasteiger partial charge in [0.2, 0.25) is 0 Å². The first-order chi connectivity index (χ1) is 9.74. The number of rotatable bonds is 6. The number of hydrogen-bond donors (Lipinski definition) is 0. The lowest BCUT2D eigenvalue weighted by Crippen LogP contribution is -2.22. The monoisotopic (exact) mass is 266 g/mol. The maximum atomic E-state index is 12.5. The average molecular weight is 266 g/mol. The summed E-state index contributed by atoms with van der Waals surface area (Å²) in [6, 6.07) is 17.5. The van der Waals surface area contributed by atoms with Gasteiger partial charge in [0.1, 0.15) is 12.2 Å². The third-order valence-corrected chi connectivity index (χ3v) is 3.06. The quantitative estimate of drug-likeness (QED) is 0.459. The molecule has 0 aliphatic rings. The maximum Gasteiger partial charge on any atom is 0.177 e. The summed E-state index contributed by atoms with van der Waals surface area (Å²) in [5, 5.41) is 0. The van der Waals surface area contributed by atoms with Gasteiger partial charge in [-0.3, -0.25) is 9.59 Å². The molecule has 1 atom stereocenters. The van der Waals surface area contributed by atoms with Crippen molar-refractivity contribution in [3.8, 4) is 0 Å². The van der Waals surface area contributed by atoms with Gasteiger partial charge in [-0.05, 0) is 5.56 Å². The van der Waals surface area contributed by atoms with Crippen molar-refractivity contribution in [3.05, 3.63) is 71.8 Å². The number of carbonyl (C=O) groups is 3. The fraction of sp³-hybridized carbons (Fsp3) is 0.118. The second-order valence-electron chi connectivity index (χ2n) is 4.41. The minimum Gasteiger partial charge on any atom is -0.303 e. The largest absolute Gasteiger partial charge is 0.303 e. The van der Waals surface area contributed by atoms with Crippen LogP contribution in [0, 0.1) is 0 Å². The molecular weight excluding hydrogens is 252 g/mol. The number of ketones is 2. The molecule has 1 unspecified atom stereocenters. The molecule has 0 aliphatic carbocycles. The normalized spacial score (nSPS) is 11.6. The zero-order chi connectivity index (χ0) is 14.4. The smallest absolute Gasteiger partial charge is 0.177 e. The maximum absolute atomic E-state index is 12.5. The van der Waals surface area contributed by atoms with Crippen LogP contribution >= 0.6 is 0 Å². The van der Waals surface area contributed by atoms with Crippen molar-refractivity contribution >= 4 is 17.9 Å². The van der Waals surface area contributed by atoms with Crippen molar-refractivity contribution in [2.24, 2.45) is 0 Å². The van der Waals surface area contributed by atoms with Gasteiger partial charge >= 0.3 is 0 Å². The molecule has 0 amide bonds. The molecule has 0 heterocycles. The third-order valence-electron chi connectivity index (χ3n) is 3.06. The zero-order valence-electron chi connectivity index (χ0n) is 10.9. The Morgan fingerprint density at radius 1 is 0.900 bits per heavy atom. The van der Waals surface area contributed by atoms with E-state index in [0.717, 1.165) is 0 Å². The standard InChI is InChI=1S/C17H14O3/c18-12-11-15(19)16(13-7-3-1-4-8-13)17(20)14-9-5-2-6-10-14/h1-10,12,16H,11H2. The summed E-state index contributed by atoms with van der Waals surface area (Å²) in [4.78, 5) is 35.2. The lowest BCUT2D eigenvalue weighted by molar-refractivity contribution is -0.122. The Morgan fingerprint density at radius 2 is 1.45 bits per heavy atom. The Kier molecular flexibility index (Phi) is 4.56. The fourth-order valence-electron chi connectivity index (χ4n) is 2.10. The molecule has 20 heavy (non-hydrogen) atoms. The lowest BCUT2D eigenvalue weighted by atomic mass is 9.86. The van der Waals surface area contributed by atoms with Crippen LogP contribution in [0.4, 0.5) is 0 Å². The second-order valence-corrected chi connectivity index (χ2v) is 4.41. The molecule has 0 saturated heterocycles. The van der Waals surface area contributed by atoms with E-state index in [1.165, 1.54) is 0 Å². The Morgan fingerprint density at radius 3 is 2.00 bits per heavy atom. The number of aldehydes is 1. The predicted molar refractivity (Wildman–Crippen MR) is 75.6 cm³/mol. The van der Waals surface area contributed by atoms with Crippen LogP contribution in [-0.2, 0) is 9.59 Å². The van der Waals surface area contributed by atoms with E-state index in [4.69, 9.17) is 0 Å². The van der Waals surface area contributed by atoms with E-state index in [0.29, 0.717) is 17.4 Å². The lowest BCUT2D eigenvalue weighted by Gasteiger charge is -2.14. The van der Waals surface area contributed by atoms with Crippen molar-refractivity contribution in [1.82, 2.24) is 0 Å². The molecule has 2 rings (SSSR count). The first-order valence-electron chi connectivity index (χ1n) is 6.34. The van der Waals surface area contributed by atoms with Gasteiger partial charge in [-0.15, -0.1) is 0 Å². The van der Waals surface area contributed by atoms with E-state index in [1.54, 1.807) is 48.5 Å². The first kappa shape index (κ1) is 13.9.